The fraction of sp³-hybridized carbons (Fsp3) is 0.231. The Morgan fingerprint density at radius 1 is 0.559 bits per heavy atom. The molecule has 0 saturated carbocycles. The summed E-state index contributed by atoms with van der Waals surface area (Å²) in [5.74, 6) is 1.68. The Morgan fingerprint density at radius 2 is 0.912 bits per heavy atom. The predicted octanol–water partition coefficient (Wildman–Crippen LogP) is 3.58. The van der Waals surface area contributed by atoms with Crippen molar-refractivity contribution in [2.24, 2.45) is 0 Å². The van der Waals surface area contributed by atoms with Crippen molar-refractivity contribution in [2.75, 3.05) is 28.4 Å². The number of hydrogen-bond acceptors (Lipinski definition) is 6. The maximum atomic E-state index is 12.5. The molecule has 0 spiro atoms. The molecule has 3 rings (SSSR count). The molecule has 0 radical (unpaired) electrons. The van der Waals surface area contributed by atoms with Crippen molar-refractivity contribution >= 4 is 11.8 Å². The highest BCUT2D eigenvalue weighted by Crippen LogP contribution is 2.28. The third-order valence-electron chi connectivity index (χ3n) is 5.22. The lowest BCUT2D eigenvalue weighted by molar-refractivity contribution is 0.0942. The van der Waals surface area contributed by atoms with Gasteiger partial charge in [0, 0.05) is 24.2 Å². The second-order valence-corrected chi connectivity index (χ2v) is 7.32. The number of benzene rings is 3. The third kappa shape index (κ3) is 5.98. The molecular formula is C26H28N2O6. The van der Waals surface area contributed by atoms with Crippen LogP contribution >= 0.6 is 0 Å². The van der Waals surface area contributed by atoms with Gasteiger partial charge in [-0.05, 0) is 47.5 Å². The Kier molecular flexibility index (Phi) is 8.34. The van der Waals surface area contributed by atoms with Crippen molar-refractivity contribution in [3.05, 3.63) is 82.9 Å². The molecule has 2 N–H and O–H groups in total. The maximum absolute atomic E-state index is 12.5. The van der Waals surface area contributed by atoms with Crippen LogP contribution in [0.2, 0.25) is 0 Å². The molecule has 3 aromatic carbocycles. The van der Waals surface area contributed by atoms with Gasteiger partial charge in [0.05, 0.1) is 28.4 Å². The molecule has 0 bridgehead atoms. The number of ether oxygens (including phenoxy) is 4. The first-order chi connectivity index (χ1) is 16.5. The molecule has 0 saturated heterocycles. The maximum Gasteiger partial charge on any atom is 0.251 e. The molecule has 0 aliphatic heterocycles. The molecule has 178 valence electrons. The summed E-state index contributed by atoms with van der Waals surface area (Å²) in [5, 5.41) is 5.78. The van der Waals surface area contributed by atoms with Gasteiger partial charge >= 0.3 is 0 Å². The van der Waals surface area contributed by atoms with Gasteiger partial charge in [-0.2, -0.15) is 0 Å². The SMILES string of the molecule is COc1ccc(C(=O)NCc2ccc(CNC(=O)c3ccc(OC)c(OC)c3)cc2)cc1OC. The van der Waals surface area contributed by atoms with Gasteiger partial charge in [-0.1, -0.05) is 24.3 Å². The minimum Gasteiger partial charge on any atom is -0.493 e. The van der Waals surface area contributed by atoms with Gasteiger partial charge in [-0.15, -0.1) is 0 Å². The van der Waals surface area contributed by atoms with Crippen molar-refractivity contribution in [3.8, 4) is 23.0 Å². The molecule has 0 heterocycles. The fourth-order valence-corrected chi connectivity index (χ4v) is 3.30. The number of carbonyl (C=O) groups excluding carboxylic acids is 2. The molecule has 0 aromatic heterocycles. The molecule has 0 fully saturated rings. The van der Waals surface area contributed by atoms with E-state index in [1.165, 1.54) is 14.2 Å². The van der Waals surface area contributed by atoms with Crippen molar-refractivity contribution in [3.63, 3.8) is 0 Å². The van der Waals surface area contributed by atoms with E-state index in [0.717, 1.165) is 11.1 Å². The van der Waals surface area contributed by atoms with Gasteiger partial charge in [0.1, 0.15) is 0 Å². The summed E-state index contributed by atoms with van der Waals surface area (Å²) in [4.78, 5) is 25.0. The molecule has 34 heavy (non-hydrogen) atoms. The number of carbonyl (C=O) groups is 2. The van der Waals surface area contributed by atoms with E-state index in [1.54, 1.807) is 50.6 Å². The quantitative estimate of drug-likeness (QED) is 0.476. The molecule has 0 atom stereocenters. The van der Waals surface area contributed by atoms with Crippen LogP contribution in [0.5, 0.6) is 23.0 Å². The Bertz CT molecular complexity index is 1050. The molecule has 0 unspecified atom stereocenters. The molecule has 2 amide bonds. The molecule has 0 aliphatic carbocycles. The molecule has 0 aliphatic rings. The van der Waals surface area contributed by atoms with Gasteiger partial charge in [-0.3, -0.25) is 9.59 Å². The lowest BCUT2D eigenvalue weighted by Crippen LogP contribution is -2.23. The Morgan fingerprint density at radius 3 is 1.24 bits per heavy atom. The minimum absolute atomic E-state index is 0.216. The van der Waals surface area contributed by atoms with Crippen LogP contribution < -0.4 is 29.6 Å². The summed E-state index contributed by atoms with van der Waals surface area (Å²) in [6, 6.07) is 17.7. The second-order valence-electron chi connectivity index (χ2n) is 7.32. The summed E-state index contributed by atoms with van der Waals surface area (Å²) >= 11 is 0. The van der Waals surface area contributed by atoms with E-state index < -0.39 is 0 Å². The highest BCUT2D eigenvalue weighted by molar-refractivity contribution is 5.95. The van der Waals surface area contributed by atoms with Crippen LogP contribution in [0.15, 0.2) is 60.7 Å². The van der Waals surface area contributed by atoms with Crippen LogP contribution in [-0.4, -0.2) is 40.3 Å². The molecular weight excluding hydrogens is 436 g/mol. The van der Waals surface area contributed by atoms with Crippen LogP contribution in [0.4, 0.5) is 0 Å². The topological polar surface area (TPSA) is 95.1 Å². The average molecular weight is 465 g/mol. The highest BCUT2D eigenvalue weighted by atomic mass is 16.5. The van der Waals surface area contributed by atoms with E-state index >= 15 is 0 Å². The van der Waals surface area contributed by atoms with Crippen molar-refractivity contribution in [1.82, 2.24) is 10.6 Å². The van der Waals surface area contributed by atoms with E-state index in [9.17, 15) is 9.59 Å². The first kappa shape index (κ1) is 24.4. The summed E-state index contributed by atoms with van der Waals surface area (Å²) < 4.78 is 20.9. The summed E-state index contributed by atoms with van der Waals surface area (Å²) in [6.45, 7) is 0.733. The number of methoxy groups -OCH3 is 4. The van der Waals surface area contributed by atoms with Gasteiger partial charge in [-0.25, -0.2) is 0 Å². The molecule has 8 nitrogen and oxygen atoms in total. The fourth-order valence-electron chi connectivity index (χ4n) is 3.30. The Balaban J connectivity index is 1.53. The van der Waals surface area contributed by atoms with Crippen LogP contribution in [0.3, 0.4) is 0 Å². The van der Waals surface area contributed by atoms with Gasteiger partial charge in [0.2, 0.25) is 0 Å². The van der Waals surface area contributed by atoms with Crippen LogP contribution in [-0.2, 0) is 13.1 Å². The summed E-state index contributed by atoms with van der Waals surface area (Å²) in [6.07, 6.45) is 0. The minimum atomic E-state index is -0.216. The van der Waals surface area contributed by atoms with Gasteiger partial charge in [0.15, 0.2) is 23.0 Å². The lowest BCUT2D eigenvalue weighted by atomic mass is 10.1. The monoisotopic (exact) mass is 464 g/mol. The number of hydrogen-bond donors (Lipinski definition) is 2. The number of amides is 2. The lowest BCUT2D eigenvalue weighted by Gasteiger charge is -2.11. The third-order valence-corrected chi connectivity index (χ3v) is 5.22. The largest absolute Gasteiger partial charge is 0.493 e. The normalized spacial score (nSPS) is 10.2. The van der Waals surface area contributed by atoms with Crippen molar-refractivity contribution in [2.45, 2.75) is 13.1 Å². The van der Waals surface area contributed by atoms with E-state index in [-0.39, 0.29) is 11.8 Å². The average Bonchev–Trinajstić information content (AvgIpc) is 2.89. The van der Waals surface area contributed by atoms with Crippen LogP contribution in [0.25, 0.3) is 0 Å². The number of rotatable bonds is 10. The summed E-state index contributed by atoms with van der Waals surface area (Å²) in [7, 11) is 6.14. The molecule has 3 aromatic rings. The van der Waals surface area contributed by atoms with Gasteiger partial charge < -0.3 is 29.6 Å². The smallest absolute Gasteiger partial charge is 0.251 e. The Labute approximate surface area is 198 Å². The van der Waals surface area contributed by atoms with Crippen LogP contribution in [0, 0.1) is 0 Å². The van der Waals surface area contributed by atoms with E-state index in [0.29, 0.717) is 47.2 Å². The van der Waals surface area contributed by atoms with Gasteiger partial charge in [0.25, 0.3) is 11.8 Å². The Hall–Kier alpha value is -4.20. The van der Waals surface area contributed by atoms with Crippen molar-refractivity contribution < 1.29 is 28.5 Å². The predicted molar refractivity (Wildman–Crippen MR) is 128 cm³/mol. The molecule has 8 heteroatoms. The summed E-state index contributed by atoms with van der Waals surface area (Å²) in [5.41, 5.74) is 2.83. The van der Waals surface area contributed by atoms with E-state index in [4.69, 9.17) is 18.9 Å². The van der Waals surface area contributed by atoms with E-state index in [2.05, 4.69) is 10.6 Å². The van der Waals surface area contributed by atoms with E-state index in [1.807, 2.05) is 24.3 Å². The standard InChI is InChI=1S/C26H28N2O6/c1-31-21-11-9-19(13-23(21)33-3)25(29)27-15-17-5-7-18(8-6-17)16-28-26(30)20-10-12-22(32-2)24(14-20)34-4/h5-14H,15-16H2,1-4H3,(H,27,29)(H,28,30). The zero-order valence-corrected chi connectivity index (χ0v) is 19.6. The van der Waals surface area contributed by atoms with Crippen molar-refractivity contribution in [1.29, 1.82) is 0 Å². The number of nitrogens with one attached hydrogen (secondary N) is 2. The first-order valence-corrected chi connectivity index (χ1v) is 10.6. The zero-order valence-electron chi connectivity index (χ0n) is 19.6. The first-order valence-electron chi connectivity index (χ1n) is 10.6. The second kappa shape index (κ2) is 11.6. The zero-order chi connectivity index (χ0) is 24.5. The van der Waals surface area contributed by atoms with Crippen LogP contribution in [0.1, 0.15) is 31.8 Å². The highest BCUT2D eigenvalue weighted by Gasteiger charge is 2.12.